The molecule has 3 rings (SSSR count). The molecule has 26 heavy (non-hydrogen) atoms. The fourth-order valence-corrected chi connectivity index (χ4v) is 2.55. The second-order valence-electron chi connectivity index (χ2n) is 5.88. The van der Waals surface area contributed by atoms with E-state index in [1.165, 1.54) is 6.08 Å². The summed E-state index contributed by atoms with van der Waals surface area (Å²) in [4.78, 5) is 12.4. The van der Waals surface area contributed by atoms with E-state index in [9.17, 15) is 4.79 Å². The highest BCUT2D eigenvalue weighted by molar-refractivity contribution is 6.07. The van der Waals surface area contributed by atoms with Gasteiger partial charge in [-0.3, -0.25) is 4.79 Å². The van der Waals surface area contributed by atoms with Crippen molar-refractivity contribution >= 4 is 11.9 Å². The Kier molecular flexibility index (Phi) is 5.79. The number of rotatable bonds is 8. The summed E-state index contributed by atoms with van der Waals surface area (Å²) in [5.41, 5.74) is 1.42. The molecular weight excluding hydrogens is 332 g/mol. The number of carbonyl (C=O) groups excluding carboxylic acids is 1. The predicted molar refractivity (Wildman–Crippen MR) is 99.3 cm³/mol. The van der Waals surface area contributed by atoms with Crippen LogP contribution >= 0.6 is 0 Å². The quantitative estimate of drug-likeness (QED) is 0.397. The topological polar surface area (TPSA) is 54.0 Å². The van der Waals surface area contributed by atoms with Crippen LogP contribution in [0.3, 0.4) is 0 Å². The Hall–Kier alpha value is -2.95. The predicted octanol–water partition coefficient (Wildman–Crippen LogP) is 4.50. The van der Waals surface area contributed by atoms with Crippen molar-refractivity contribution in [3.63, 3.8) is 0 Å². The summed E-state index contributed by atoms with van der Waals surface area (Å²) in [5.74, 6) is 2.52. The van der Waals surface area contributed by atoms with Gasteiger partial charge in [0.05, 0.1) is 13.7 Å². The minimum atomic E-state index is -0.104. The molecule has 1 aliphatic rings. The molecule has 0 amide bonds. The van der Waals surface area contributed by atoms with E-state index < -0.39 is 0 Å². The minimum Gasteiger partial charge on any atom is -0.493 e. The summed E-state index contributed by atoms with van der Waals surface area (Å²) >= 11 is 0. The van der Waals surface area contributed by atoms with E-state index in [0.29, 0.717) is 35.2 Å². The van der Waals surface area contributed by atoms with Crippen molar-refractivity contribution in [1.29, 1.82) is 0 Å². The van der Waals surface area contributed by atoms with E-state index in [4.69, 9.17) is 18.9 Å². The maximum atomic E-state index is 12.4. The summed E-state index contributed by atoms with van der Waals surface area (Å²) in [6, 6.07) is 10.8. The molecule has 0 spiro atoms. The highest BCUT2D eigenvalue weighted by Gasteiger charge is 2.15. The van der Waals surface area contributed by atoms with Gasteiger partial charge >= 0.3 is 0 Å². The molecule has 0 atom stereocenters. The molecule has 1 heterocycles. The molecule has 0 N–H and O–H groups in total. The van der Waals surface area contributed by atoms with Crippen LogP contribution in [0.1, 0.15) is 35.7 Å². The van der Waals surface area contributed by atoms with E-state index in [1.807, 2.05) is 18.2 Å². The molecule has 0 unspecified atom stereocenters. The first kappa shape index (κ1) is 17.9. The molecule has 2 aromatic rings. The summed E-state index contributed by atoms with van der Waals surface area (Å²) in [5, 5.41) is 0. The molecule has 0 saturated carbocycles. The smallest absolute Gasteiger partial charge is 0.231 e. The highest BCUT2D eigenvalue weighted by Crippen LogP contribution is 2.33. The first-order valence-electron chi connectivity index (χ1n) is 8.64. The molecule has 0 aliphatic carbocycles. The second kappa shape index (κ2) is 8.43. The Morgan fingerprint density at radius 1 is 1.12 bits per heavy atom. The Bertz CT molecular complexity index is 810. The third-order valence-electron chi connectivity index (χ3n) is 4.03. The van der Waals surface area contributed by atoms with Gasteiger partial charge in [0.25, 0.3) is 0 Å². The van der Waals surface area contributed by atoms with Crippen LogP contribution in [0.15, 0.2) is 42.5 Å². The van der Waals surface area contributed by atoms with Gasteiger partial charge < -0.3 is 18.9 Å². The SMILES string of the molecule is CCCCOc1cc(/C=C/C(=O)c2ccc3c(c2)OCO3)ccc1OC. The van der Waals surface area contributed by atoms with E-state index >= 15 is 0 Å². The Morgan fingerprint density at radius 2 is 1.96 bits per heavy atom. The molecule has 136 valence electrons. The molecule has 5 nitrogen and oxygen atoms in total. The molecule has 0 fully saturated rings. The first-order valence-corrected chi connectivity index (χ1v) is 8.64. The van der Waals surface area contributed by atoms with Crippen molar-refractivity contribution in [2.24, 2.45) is 0 Å². The van der Waals surface area contributed by atoms with Crippen LogP contribution in [-0.4, -0.2) is 26.3 Å². The number of hydrogen-bond donors (Lipinski definition) is 0. The molecule has 1 aliphatic heterocycles. The van der Waals surface area contributed by atoms with Crippen molar-refractivity contribution in [2.45, 2.75) is 19.8 Å². The van der Waals surface area contributed by atoms with Crippen LogP contribution in [0.25, 0.3) is 6.08 Å². The van der Waals surface area contributed by atoms with Crippen LogP contribution in [-0.2, 0) is 0 Å². The normalized spacial score (nSPS) is 12.4. The minimum absolute atomic E-state index is 0.104. The lowest BCUT2D eigenvalue weighted by Gasteiger charge is -2.11. The van der Waals surface area contributed by atoms with Crippen molar-refractivity contribution < 1.29 is 23.7 Å². The molecule has 0 aromatic heterocycles. The lowest BCUT2D eigenvalue weighted by molar-refractivity contribution is 0.104. The van der Waals surface area contributed by atoms with Gasteiger partial charge in [-0.05, 0) is 48.4 Å². The Balaban J connectivity index is 1.72. The van der Waals surface area contributed by atoms with Crippen LogP contribution < -0.4 is 18.9 Å². The van der Waals surface area contributed by atoms with Crippen LogP contribution in [0, 0.1) is 0 Å². The van der Waals surface area contributed by atoms with Crippen molar-refractivity contribution in [3.05, 3.63) is 53.6 Å². The standard InChI is InChI=1S/C21H22O5/c1-3-4-11-24-20-12-15(6-9-18(20)23-2)5-8-17(22)16-7-10-19-21(13-16)26-14-25-19/h5-10,12-13H,3-4,11,14H2,1-2H3/b8-5+. The number of unbranched alkanes of at least 4 members (excludes halogenated alkanes) is 1. The zero-order valence-electron chi connectivity index (χ0n) is 15.0. The van der Waals surface area contributed by atoms with Gasteiger partial charge in [0.2, 0.25) is 6.79 Å². The van der Waals surface area contributed by atoms with Crippen molar-refractivity contribution in [2.75, 3.05) is 20.5 Å². The lowest BCUT2D eigenvalue weighted by Crippen LogP contribution is -1.99. The van der Waals surface area contributed by atoms with Gasteiger partial charge in [-0.15, -0.1) is 0 Å². The van der Waals surface area contributed by atoms with Gasteiger partial charge in [0, 0.05) is 5.56 Å². The average molecular weight is 354 g/mol. The number of carbonyl (C=O) groups is 1. The fourth-order valence-electron chi connectivity index (χ4n) is 2.55. The van der Waals surface area contributed by atoms with Gasteiger partial charge in [0.15, 0.2) is 28.8 Å². The monoisotopic (exact) mass is 354 g/mol. The fraction of sp³-hybridized carbons (Fsp3) is 0.286. The van der Waals surface area contributed by atoms with E-state index in [0.717, 1.165) is 18.4 Å². The highest BCUT2D eigenvalue weighted by atomic mass is 16.7. The molecule has 0 saturated heterocycles. The van der Waals surface area contributed by atoms with Crippen LogP contribution in [0.4, 0.5) is 0 Å². The summed E-state index contributed by atoms with van der Waals surface area (Å²) in [7, 11) is 1.61. The Labute approximate surface area is 153 Å². The number of methoxy groups -OCH3 is 1. The molecule has 0 radical (unpaired) electrons. The van der Waals surface area contributed by atoms with Crippen molar-refractivity contribution in [1.82, 2.24) is 0 Å². The van der Waals surface area contributed by atoms with E-state index in [1.54, 1.807) is 31.4 Å². The largest absolute Gasteiger partial charge is 0.493 e. The average Bonchev–Trinajstić information content (AvgIpc) is 3.14. The third-order valence-corrected chi connectivity index (χ3v) is 4.03. The molecule has 0 bridgehead atoms. The van der Waals surface area contributed by atoms with E-state index in [2.05, 4.69) is 6.92 Å². The summed E-state index contributed by atoms with van der Waals surface area (Å²) < 4.78 is 21.7. The zero-order chi connectivity index (χ0) is 18.4. The maximum absolute atomic E-state index is 12.4. The lowest BCUT2D eigenvalue weighted by atomic mass is 10.1. The van der Waals surface area contributed by atoms with Gasteiger partial charge in [-0.1, -0.05) is 25.5 Å². The van der Waals surface area contributed by atoms with Crippen LogP contribution in [0.5, 0.6) is 23.0 Å². The van der Waals surface area contributed by atoms with Gasteiger partial charge in [-0.25, -0.2) is 0 Å². The number of fused-ring (bicyclic) bond motifs is 1. The van der Waals surface area contributed by atoms with Gasteiger partial charge in [0.1, 0.15) is 0 Å². The zero-order valence-corrected chi connectivity index (χ0v) is 15.0. The number of hydrogen-bond acceptors (Lipinski definition) is 5. The van der Waals surface area contributed by atoms with Gasteiger partial charge in [-0.2, -0.15) is 0 Å². The van der Waals surface area contributed by atoms with Crippen LogP contribution in [0.2, 0.25) is 0 Å². The number of ketones is 1. The first-order chi connectivity index (χ1) is 12.7. The second-order valence-corrected chi connectivity index (χ2v) is 5.88. The summed E-state index contributed by atoms with van der Waals surface area (Å²) in [6.07, 6.45) is 5.34. The molecule has 2 aromatic carbocycles. The maximum Gasteiger partial charge on any atom is 0.231 e. The summed E-state index contributed by atoms with van der Waals surface area (Å²) in [6.45, 7) is 2.94. The molecular formula is C21H22O5. The Morgan fingerprint density at radius 3 is 2.77 bits per heavy atom. The van der Waals surface area contributed by atoms with Crippen molar-refractivity contribution in [3.8, 4) is 23.0 Å². The number of ether oxygens (including phenoxy) is 4. The third kappa shape index (κ3) is 4.17. The number of allylic oxidation sites excluding steroid dienone is 1. The van der Waals surface area contributed by atoms with E-state index in [-0.39, 0.29) is 12.6 Å². The molecule has 5 heteroatoms. The number of benzene rings is 2.